The van der Waals surface area contributed by atoms with E-state index in [-0.39, 0.29) is 17.0 Å². The minimum Gasteiger partial charge on any atom is -0.497 e. The van der Waals surface area contributed by atoms with Gasteiger partial charge in [0.2, 0.25) is 10.0 Å². The van der Waals surface area contributed by atoms with Crippen LogP contribution in [-0.2, 0) is 21.2 Å². The van der Waals surface area contributed by atoms with Crippen LogP contribution in [-0.4, -0.2) is 44.4 Å². The van der Waals surface area contributed by atoms with Crippen LogP contribution in [0.3, 0.4) is 0 Å². The molecule has 0 aromatic heterocycles. The van der Waals surface area contributed by atoms with Crippen LogP contribution in [0.25, 0.3) is 0 Å². The van der Waals surface area contributed by atoms with E-state index in [0.717, 1.165) is 0 Å². The molecule has 0 aliphatic carbocycles. The van der Waals surface area contributed by atoms with Crippen molar-refractivity contribution in [1.29, 1.82) is 0 Å². The highest BCUT2D eigenvalue weighted by Crippen LogP contribution is 2.22. The van der Waals surface area contributed by atoms with Gasteiger partial charge in [0.05, 0.1) is 24.5 Å². The van der Waals surface area contributed by atoms with Crippen LogP contribution in [0.15, 0.2) is 23.1 Å². The van der Waals surface area contributed by atoms with Crippen LogP contribution in [0.1, 0.15) is 12.5 Å². The summed E-state index contributed by atoms with van der Waals surface area (Å²) in [4.78, 5) is 10.7. The molecule has 1 rings (SSSR count). The molecule has 7 nitrogen and oxygen atoms in total. The van der Waals surface area contributed by atoms with Crippen molar-refractivity contribution in [3.8, 4) is 5.75 Å². The zero-order valence-corrected chi connectivity index (χ0v) is 12.0. The number of sulfonamides is 1. The van der Waals surface area contributed by atoms with Crippen LogP contribution >= 0.6 is 0 Å². The van der Waals surface area contributed by atoms with Crippen LogP contribution in [0.5, 0.6) is 5.75 Å². The Balaban J connectivity index is 3.18. The van der Waals surface area contributed by atoms with Crippen LogP contribution < -0.4 is 9.46 Å². The van der Waals surface area contributed by atoms with Gasteiger partial charge in [0.1, 0.15) is 5.75 Å². The SMILES string of the molecule is COc1ccc(S(=O)(=O)NC[C@H](C)O)c(CC(=O)O)c1. The largest absolute Gasteiger partial charge is 0.497 e. The molecule has 1 aromatic rings. The summed E-state index contributed by atoms with van der Waals surface area (Å²) in [6.07, 6.45) is -1.28. The summed E-state index contributed by atoms with van der Waals surface area (Å²) in [5.41, 5.74) is 0.120. The van der Waals surface area contributed by atoms with Gasteiger partial charge >= 0.3 is 5.97 Å². The number of aliphatic hydroxyl groups is 1. The average molecular weight is 303 g/mol. The number of nitrogens with one attached hydrogen (secondary N) is 1. The summed E-state index contributed by atoms with van der Waals surface area (Å²) >= 11 is 0. The molecule has 0 bridgehead atoms. The predicted octanol–water partition coefficient (Wildman–Crippen LogP) is -0.0186. The van der Waals surface area contributed by atoms with E-state index in [9.17, 15) is 13.2 Å². The Bertz CT molecular complexity index is 582. The second-order valence-electron chi connectivity index (χ2n) is 4.25. The first kappa shape index (κ1) is 16.4. The summed E-state index contributed by atoms with van der Waals surface area (Å²) in [6.45, 7) is 1.29. The third-order valence-electron chi connectivity index (χ3n) is 2.47. The number of carboxylic acids is 1. The molecule has 0 radical (unpaired) electrons. The van der Waals surface area contributed by atoms with Crippen molar-refractivity contribution in [2.45, 2.75) is 24.3 Å². The topological polar surface area (TPSA) is 113 Å². The molecule has 0 unspecified atom stereocenters. The Morgan fingerprint density at radius 1 is 1.45 bits per heavy atom. The number of carbonyl (C=O) groups is 1. The molecule has 112 valence electrons. The van der Waals surface area contributed by atoms with Crippen LogP contribution in [0, 0.1) is 0 Å². The van der Waals surface area contributed by atoms with E-state index < -0.39 is 28.5 Å². The lowest BCUT2D eigenvalue weighted by atomic mass is 10.1. The molecule has 0 saturated carbocycles. The normalized spacial score (nSPS) is 12.9. The molecule has 0 spiro atoms. The summed E-state index contributed by atoms with van der Waals surface area (Å²) < 4.78 is 31.3. The number of aliphatic hydroxyl groups excluding tert-OH is 1. The Morgan fingerprint density at radius 2 is 2.10 bits per heavy atom. The molecule has 3 N–H and O–H groups in total. The lowest BCUT2D eigenvalue weighted by Crippen LogP contribution is -2.31. The molecule has 0 aliphatic rings. The van der Waals surface area contributed by atoms with Gasteiger partial charge in [-0.15, -0.1) is 0 Å². The third kappa shape index (κ3) is 4.48. The number of hydrogen-bond donors (Lipinski definition) is 3. The van der Waals surface area contributed by atoms with Gasteiger partial charge in [0.15, 0.2) is 0 Å². The van der Waals surface area contributed by atoms with Gasteiger partial charge in [-0.2, -0.15) is 0 Å². The smallest absolute Gasteiger partial charge is 0.307 e. The highest BCUT2D eigenvalue weighted by atomic mass is 32.2. The average Bonchev–Trinajstić information content (AvgIpc) is 2.35. The Hall–Kier alpha value is -1.64. The van der Waals surface area contributed by atoms with Crippen molar-refractivity contribution < 1.29 is 28.2 Å². The molecule has 1 atom stereocenters. The number of aliphatic carboxylic acids is 1. The molecular formula is C12H17NO6S. The van der Waals surface area contributed by atoms with Crippen LogP contribution in [0.2, 0.25) is 0 Å². The number of benzene rings is 1. The number of ether oxygens (including phenoxy) is 1. The first-order chi connectivity index (χ1) is 9.26. The Morgan fingerprint density at radius 3 is 2.60 bits per heavy atom. The Labute approximate surface area is 117 Å². The Kier molecular flexibility index (Phi) is 5.49. The molecule has 0 saturated heterocycles. The van der Waals surface area contributed by atoms with Gasteiger partial charge in [0.25, 0.3) is 0 Å². The molecule has 1 aromatic carbocycles. The van der Waals surface area contributed by atoms with E-state index in [4.69, 9.17) is 14.9 Å². The van der Waals surface area contributed by atoms with E-state index in [2.05, 4.69) is 4.72 Å². The van der Waals surface area contributed by atoms with Crippen LogP contribution in [0.4, 0.5) is 0 Å². The molecule has 8 heteroatoms. The van der Waals surface area contributed by atoms with Crippen molar-refractivity contribution in [2.24, 2.45) is 0 Å². The fraction of sp³-hybridized carbons (Fsp3) is 0.417. The minimum absolute atomic E-state index is 0.120. The fourth-order valence-corrected chi connectivity index (χ4v) is 2.89. The third-order valence-corrected chi connectivity index (χ3v) is 3.99. The standard InChI is InChI=1S/C12H17NO6S/c1-8(14)7-13-20(17,18)11-4-3-10(19-2)5-9(11)6-12(15)16/h3-5,8,13-14H,6-7H2,1-2H3,(H,15,16)/t8-/m0/s1. The summed E-state index contributed by atoms with van der Waals surface area (Å²) in [7, 11) is -2.48. The molecular weight excluding hydrogens is 286 g/mol. The second kappa shape index (κ2) is 6.69. The highest BCUT2D eigenvalue weighted by Gasteiger charge is 2.20. The zero-order valence-electron chi connectivity index (χ0n) is 11.2. The fourth-order valence-electron chi connectivity index (χ4n) is 1.55. The lowest BCUT2D eigenvalue weighted by Gasteiger charge is -2.12. The monoisotopic (exact) mass is 303 g/mol. The van der Waals surface area contributed by atoms with Gasteiger partial charge in [0, 0.05) is 6.54 Å². The number of rotatable bonds is 7. The molecule has 20 heavy (non-hydrogen) atoms. The molecule has 0 amide bonds. The maximum Gasteiger partial charge on any atom is 0.307 e. The minimum atomic E-state index is -3.89. The zero-order chi connectivity index (χ0) is 15.3. The van der Waals surface area contributed by atoms with Gasteiger partial charge < -0.3 is 14.9 Å². The number of hydrogen-bond acceptors (Lipinski definition) is 5. The summed E-state index contributed by atoms with van der Waals surface area (Å²) in [6, 6.07) is 4.08. The predicted molar refractivity (Wildman–Crippen MR) is 71.2 cm³/mol. The summed E-state index contributed by atoms with van der Waals surface area (Å²) in [5, 5.41) is 18.0. The maximum absolute atomic E-state index is 12.1. The highest BCUT2D eigenvalue weighted by molar-refractivity contribution is 7.89. The molecule has 0 fully saturated rings. The first-order valence-corrected chi connectivity index (χ1v) is 7.31. The van der Waals surface area contributed by atoms with Crippen molar-refractivity contribution in [3.63, 3.8) is 0 Å². The quantitative estimate of drug-likeness (QED) is 0.652. The van der Waals surface area contributed by atoms with E-state index >= 15 is 0 Å². The second-order valence-corrected chi connectivity index (χ2v) is 5.98. The van der Waals surface area contributed by atoms with Gasteiger partial charge in [-0.3, -0.25) is 4.79 Å². The van der Waals surface area contributed by atoms with Crippen molar-refractivity contribution in [2.75, 3.05) is 13.7 Å². The first-order valence-electron chi connectivity index (χ1n) is 5.82. The lowest BCUT2D eigenvalue weighted by molar-refractivity contribution is -0.136. The van der Waals surface area contributed by atoms with Gasteiger partial charge in [-0.25, -0.2) is 13.1 Å². The van der Waals surface area contributed by atoms with E-state index in [0.29, 0.717) is 5.75 Å². The van der Waals surface area contributed by atoms with E-state index in [1.54, 1.807) is 0 Å². The number of methoxy groups -OCH3 is 1. The van der Waals surface area contributed by atoms with Crippen molar-refractivity contribution in [3.05, 3.63) is 23.8 Å². The molecule has 0 heterocycles. The number of carboxylic acid groups (broad SMARTS) is 1. The van der Waals surface area contributed by atoms with Crippen molar-refractivity contribution >= 4 is 16.0 Å². The maximum atomic E-state index is 12.1. The van der Waals surface area contributed by atoms with Gasteiger partial charge in [-0.05, 0) is 30.7 Å². The van der Waals surface area contributed by atoms with E-state index in [1.165, 1.54) is 32.2 Å². The summed E-state index contributed by atoms with van der Waals surface area (Å²) in [5.74, 6) is -0.777. The molecule has 0 aliphatic heterocycles. The van der Waals surface area contributed by atoms with Gasteiger partial charge in [-0.1, -0.05) is 0 Å². The van der Waals surface area contributed by atoms with Crippen molar-refractivity contribution in [1.82, 2.24) is 4.72 Å². The van der Waals surface area contributed by atoms with E-state index in [1.807, 2.05) is 0 Å².